The van der Waals surface area contributed by atoms with Crippen LogP contribution in [-0.4, -0.2) is 32.5 Å². The molecule has 0 amide bonds. The number of hydrogen-bond donors (Lipinski definition) is 0. The van der Waals surface area contributed by atoms with E-state index in [1.165, 1.54) is 0 Å². The maximum atomic E-state index is 2.42. The molecule has 7 heavy (non-hydrogen) atoms. The Bertz CT molecular complexity index is 37.3. The average molecular weight is 132 g/mol. The molecule has 0 aromatic carbocycles. The van der Waals surface area contributed by atoms with Gasteiger partial charge in [0.15, 0.2) is 0 Å². The first-order valence-corrected chi connectivity index (χ1v) is 8.32. The maximum Gasteiger partial charge on any atom is 0.260 e. The van der Waals surface area contributed by atoms with Crippen LogP contribution in [0.25, 0.3) is 0 Å². The number of hydrogen-bond acceptors (Lipinski definition) is 0. The van der Waals surface area contributed by atoms with Crippen LogP contribution in [-0.2, 0) is 0 Å². The molecule has 0 aromatic rings. The van der Waals surface area contributed by atoms with Gasteiger partial charge in [-0.2, -0.15) is 0 Å². The van der Waals surface area contributed by atoms with Crippen LogP contribution in [0.2, 0.25) is 11.6 Å². The van der Waals surface area contributed by atoms with Gasteiger partial charge in [-0.05, 0) is 13.3 Å². The van der Waals surface area contributed by atoms with Gasteiger partial charge in [-0.3, -0.25) is 0 Å². The van der Waals surface area contributed by atoms with Crippen LogP contribution in [0.15, 0.2) is 0 Å². The Kier molecular flexibility index (Phi) is 4.44. The predicted molar refractivity (Wildman–Crippen MR) is 41.1 cm³/mol. The van der Waals surface area contributed by atoms with Crippen LogP contribution in [0, 0.1) is 0 Å². The quantitative estimate of drug-likeness (QED) is 0.398. The molecule has 0 radical (unpaired) electrons. The lowest BCUT2D eigenvalue weighted by atomic mass is 11.8. The number of rotatable bonds is 2. The zero-order valence-corrected chi connectivity index (χ0v) is 7.78. The summed E-state index contributed by atoms with van der Waals surface area (Å²) in [6, 6.07) is 0. The van der Waals surface area contributed by atoms with Gasteiger partial charge in [0, 0.05) is 0 Å². The van der Waals surface area contributed by atoms with Crippen molar-refractivity contribution >= 4 is 22.1 Å². The average Bonchev–Trinajstić information content (AvgIpc) is 1.27. The van der Waals surface area contributed by atoms with E-state index in [0.29, 0.717) is 7.92 Å². The maximum absolute atomic E-state index is 2.42. The van der Waals surface area contributed by atoms with E-state index in [0.717, 1.165) is 0 Å². The third-order valence-corrected chi connectivity index (χ3v) is 6.57. The van der Waals surface area contributed by atoms with E-state index in [1.54, 1.807) is 5.02 Å². The second kappa shape index (κ2) is 3.90. The summed E-state index contributed by atoms with van der Waals surface area (Å²) in [5.74, 6) is 4.84. The van der Waals surface area contributed by atoms with Crippen LogP contribution < -0.4 is 0 Å². The van der Waals surface area contributed by atoms with Crippen molar-refractivity contribution in [2.75, 3.05) is 18.4 Å². The van der Waals surface area contributed by atoms with E-state index < -0.39 is 0 Å². The highest BCUT2D eigenvalue weighted by molar-refractivity contribution is 7.58. The van der Waals surface area contributed by atoms with Crippen LogP contribution in [0.1, 0.15) is 0 Å². The van der Waals surface area contributed by atoms with E-state index in [9.17, 15) is 0 Å². The van der Waals surface area contributed by atoms with E-state index in [1.807, 2.05) is 0 Å². The lowest BCUT2D eigenvalue weighted by Gasteiger charge is -2.02. The van der Waals surface area contributed by atoms with E-state index >= 15 is 0 Å². The molecule has 0 heterocycles. The van der Waals surface area contributed by atoms with Crippen molar-refractivity contribution in [3.8, 4) is 0 Å². The van der Waals surface area contributed by atoms with Gasteiger partial charge < -0.3 is 0 Å². The largest absolute Gasteiger partial charge is 0.260 e. The van der Waals surface area contributed by atoms with Gasteiger partial charge in [0.25, 0.3) is 14.1 Å². The molecule has 0 unspecified atom stereocenters. The molecule has 0 N–H and O–H groups in total. The fourth-order valence-electron chi connectivity index (χ4n) is 0.730. The molecular formula is C5H14AlP. The predicted octanol–water partition coefficient (Wildman–Crippen LogP) is 2.02. The Morgan fingerprint density at radius 3 is 1.71 bits per heavy atom. The summed E-state index contributed by atoms with van der Waals surface area (Å²) in [5.41, 5.74) is 0. The monoisotopic (exact) mass is 132 g/mol. The molecule has 0 spiro atoms. The van der Waals surface area contributed by atoms with Gasteiger partial charge in [0.05, 0.1) is 0 Å². The van der Waals surface area contributed by atoms with Crippen molar-refractivity contribution in [1.29, 1.82) is 0 Å². The molecule has 0 saturated carbocycles. The van der Waals surface area contributed by atoms with Gasteiger partial charge in [-0.25, -0.2) is 0 Å². The normalized spacial score (nSPS) is 9.86. The van der Waals surface area contributed by atoms with Gasteiger partial charge >= 0.3 is 0 Å². The molecule has 0 fully saturated rings. The van der Waals surface area contributed by atoms with Crippen LogP contribution in [0.5, 0.6) is 0 Å². The molecule has 0 aliphatic rings. The molecule has 0 atom stereocenters. The first kappa shape index (κ1) is 7.96. The Hall–Kier alpha value is 0.962. The Labute approximate surface area is 52.4 Å². The van der Waals surface area contributed by atoms with Gasteiger partial charge in [0.2, 0.25) is 0 Å². The summed E-state index contributed by atoms with van der Waals surface area (Å²) in [4.78, 5) is 0. The first-order chi connectivity index (χ1) is 3.13. The minimum absolute atomic E-state index is 0.200. The Balaban J connectivity index is 2.95. The summed E-state index contributed by atoms with van der Waals surface area (Å²) in [5, 5.41) is 1.56. The van der Waals surface area contributed by atoms with Crippen LogP contribution >= 0.6 is 7.92 Å². The summed E-state index contributed by atoms with van der Waals surface area (Å²) < 4.78 is 0. The third-order valence-electron chi connectivity index (χ3n) is 0.730. The topological polar surface area (TPSA) is 0 Å². The minimum atomic E-state index is -0.200. The van der Waals surface area contributed by atoms with Crippen LogP contribution in [0.4, 0.5) is 0 Å². The fourth-order valence-corrected chi connectivity index (χ4v) is 6.57. The highest BCUT2D eigenvalue weighted by atomic mass is 31.1. The van der Waals surface area contributed by atoms with Gasteiger partial charge in [0.1, 0.15) is 0 Å². The molecule has 0 rings (SSSR count). The molecule has 0 aliphatic heterocycles. The van der Waals surface area contributed by atoms with Crippen molar-refractivity contribution in [3.63, 3.8) is 0 Å². The summed E-state index contributed by atoms with van der Waals surface area (Å²) in [6.45, 7) is 4.73. The zero-order chi connectivity index (χ0) is 5.86. The summed E-state index contributed by atoms with van der Waals surface area (Å²) >= 11 is -0.200. The lowest BCUT2D eigenvalue weighted by Crippen LogP contribution is -2.04. The van der Waals surface area contributed by atoms with Gasteiger partial charge in [-0.1, -0.05) is 5.02 Å². The van der Waals surface area contributed by atoms with E-state index in [2.05, 4.69) is 24.9 Å². The molecule has 0 bridgehead atoms. The van der Waals surface area contributed by atoms with E-state index in [-0.39, 0.29) is 14.1 Å². The molecule has 0 nitrogen and oxygen atoms in total. The highest BCUT2D eigenvalue weighted by Gasteiger charge is 2.02. The molecule has 2 heteroatoms. The van der Waals surface area contributed by atoms with Crippen molar-refractivity contribution < 1.29 is 0 Å². The van der Waals surface area contributed by atoms with E-state index in [4.69, 9.17) is 0 Å². The van der Waals surface area contributed by atoms with Crippen LogP contribution in [0.3, 0.4) is 0 Å². The summed E-state index contributed by atoms with van der Waals surface area (Å²) in [7, 11) is 0.422. The molecule has 42 valence electrons. The molecular weight excluding hydrogens is 118 g/mol. The van der Waals surface area contributed by atoms with Gasteiger partial charge in [-0.15, -0.1) is 19.5 Å². The van der Waals surface area contributed by atoms with Crippen molar-refractivity contribution in [3.05, 3.63) is 0 Å². The first-order valence-electron chi connectivity index (χ1n) is 2.77. The molecule has 0 saturated heterocycles. The zero-order valence-electron chi connectivity index (χ0n) is 5.73. The Morgan fingerprint density at radius 2 is 1.71 bits per heavy atom. The standard InChI is InChI=1S/C3H8P.2CH3.Al/c1-4(2)3;;;/h1H2,2-3H3;2*1H3;. The lowest BCUT2D eigenvalue weighted by molar-refractivity contribution is 1.82. The van der Waals surface area contributed by atoms with Crippen molar-refractivity contribution in [2.45, 2.75) is 11.6 Å². The second-order valence-corrected chi connectivity index (χ2v) is 9.06. The smallest absolute Gasteiger partial charge is 0.126 e. The minimum Gasteiger partial charge on any atom is -0.126 e. The molecule has 0 aromatic heterocycles. The molecule has 0 aliphatic carbocycles. The highest BCUT2D eigenvalue weighted by Crippen LogP contribution is 2.23. The fraction of sp³-hybridized carbons (Fsp3) is 1.00. The van der Waals surface area contributed by atoms with Crippen molar-refractivity contribution in [2.24, 2.45) is 0 Å². The van der Waals surface area contributed by atoms with Crippen molar-refractivity contribution in [1.82, 2.24) is 0 Å². The Morgan fingerprint density at radius 1 is 1.29 bits per heavy atom. The second-order valence-electron chi connectivity index (χ2n) is 2.66. The summed E-state index contributed by atoms with van der Waals surface area (Å²) in [6.07, 6.45) is 0. The third kappa shape index (κ3) is 6.96. The SMILES string of the molecule is [CH3][Al]([CH3])[CH2]P(C)C.